The third-order valence-corrected chi connectivity index (χ3v) is 2.87. The first-order valence-corrected chi connectivity index (χ1v) is 6.25. The summed E-state index contributed by atoms with van der Waals surface area (Å²) in [6.07, 6.45) is -0.543. The lowest BCUT2D eigenvalue weighted by molar-refractivity contribution is -0.0859. The van der Waals surface area contributed by atoms with Crippen LogP contribution in [0.2, 0.25) is 0 Å². The van der Waals surface area contributed by atoms with Gasteiger partial charge in [0.1, 0.15) is 18.3 Å². The molecular formula is C15H20O5. The van der Waals surface area contributed by atoms with Gasteiger partial charge in [-0.3, -0.25) is 4.79 Å². The molecule has 0 aliphatic heterocycles. The summed E-state index contributed by atoms with van der Waals surface area (Å²) >= 11 is 0. The molecule has 0 radical (unpaired) electrons. The van der Waals surface area contributed by atoms with Crippen molar-refractivity contribution < 1.29 is 24.5 Å². The highest BCUT2D eigenvalue weighted by molar-refractivity contribution is 6.04. The van der Waals surface area contributed by atoms with Crippen LogP contribution in [0.5, 0.6) is 0 Å². The normalized spacial score (nSPS) is 16.0. The number of benzene rings is 1. The van der Waals surface area contributed by atoms with Gasteiger partial charge >= 0.3 is 0 Å². The Morgan fingerprint density at radius 3 is 2.45 bits per heavy atom. The topological polar surface area (TPSA) is 76.0 Å². The molecule has 0 saturated heterocycles. The Labute approximate surface area is 118 Å². The van der Waals surface area contributed by atoms with Crippen molar-refractivity contribution in [2.45, 2.75) is 18.3 Å². The third-order valence-electron chi connectivity index (χ3n) is 2.87. The zero-order valence-corrected chi connectivity index (χ0v) is 11.6. The molecule has 0 unspecified atom stereocenters. The Bertz CT molecular complexity index is 429. The fraction of sp³-hybridized carbons (Fsp3) is 0.400. The molecule has 0 fully saturated rings. The van der Waals surface area contributed by atoms with E-state index in [1.807, 2.05) is 6.07 Å². The monoisotopic (exact) mass is 280 g/mol. The summed E-state index contributed by atoms with van der Waals surface area (Å²) in [5.74, 6) is -0.238. The summed E-state index contributed by atoms with van der Waals surface area (Å²) in [6.45, 7) is 0.148. The number of ketones is 1. The molecule has 5 nitrogen and oxygen atoms in total. The number of hydrogen-bond donors (Lipinski definition) is 2. The number of carbonyl (C=O) groups excluding carboxylic acids is 1. The van der Waals surface area contributed by atoms with E-state index in [-0.39, 0.29) is 12.4 Å². The Morgan fingerprint density at radius 2 is 1.90 bits per heavy atom. The van der Waals surface area contributed by atoms with Gasteiger partial charge in [0.2, 0.25) is 0 Å². The van der Waals surface area contributed by atoms with Crippen LogP contribution in [0.1, 0.15) is 10.4 Å². The number of hydrogen-bond acceptors (Lipinski definition) is 5. The molecule has 3 atom stereocenters. The van der Waals surface area contributed by atoms with E-state index in [1.54, 1.807) is 24.3 Å². The van der Waals surface area contributed by atoms with Crippen LogP contribution >= 0.6 is 0 Å². The van der Waals surface area contributed by atoms with E-state index in [0.29, 0.717) is 5.56 Å². The number of ether oxygens (including phenoxy) is 2. The van der Waals surface area contributed by atoms with E-state index in [2.05, 4.69) is 0 Å². The van der Waals surface area contributed by atoms with Gasteiger partial charge in [-0.2, -0.15) is 0 Å². The van der Waals surface area contributed by atoms with Crippen LogP contribution in [0.25, 0.3) is 0 Å². The first-order valence-electron chi connectivity index (χ1n) is 6.25. The lowest BCUT2D eigenvalue weighted by Crippen LogP contribution is -2.40. The van der Waals surface area contributed by atoms with E-state index >= 15 is 0 Å². The molecule has 1 rings (SSSR count). The first kappa shape index (κ1) is 16.5. The molecule has 110 valence electrons. The molecule has 2 N–H and O–H groups in total. The highest BCUT2D eigenvalue weighted by Gasteiger charge is 2.24. The molecule has 5 heteroatoms. The van der Waals surface area contributed by atoms with Crippen LogP contribution in [0, 0.1) is 0 Å². The maximum atomic E-state index is 11.8. The quantitative estimate of drug-likeness (QED) is 0.544. The van der Waals surface area contributed by atoms with Crippen LogP contribution in [0.3, 0.4) is 0 Å². The van der Waals surface area contributed by atoms with E-state index in [4.69, 9.17) is 9.47 Å². The summed E-state index contributed by atoms with van der Waals surface area (Å²) in [4.78, 5) is 11.8. The highest BCUT2D eigenvalue weighted by Crippen LogP contribution is 2.07. The van der Waals surface area contributed by atoms with Crippen molar-refractivity contribution in [1.82, 2.24) is 0 Å². The number of aliphatic hydroxyl groups excluding tert-OH is 2. The first-order chi connectivity index (χ1) is 9.60. The Kier molecular flexibility index (Phi) is 7.11. The SMILES string of the molecule is COC[C@@H](OC)[C@@H](O)[C@H](O)/C=C/C(=O)c1ccccc1. The van der Waals surface area contributed by atoms with Crippen molar-refractivity contribution in [2.24, 2.45) is 0 Å². The second-order valence-electron chi connectivity index (χ2n) is 4.30. The minimum absolute atomic E-state index is 0.148. The van der Waals surface area contributed by atoms with Crippen molar-refractivity contribution in [3.8, 4) is 0 Å². The second-order valence-corrected chi connectivity index (χ2v) is 4.30. The molecule has 0 aliphatic rings. The van der Waals surface area contributed by atoms with E-state index in [1.165, 1.54) is 26.4 Å². The lowest BCUT2D eigenvalue weighted by atomic mass is 10.1. The van der Waals surface area contributed by atoms with E-state index in [0.717, 1.165) is 0 Å². The van der Waals surface area contributed by atoms with Gasteiger partial charge in [-0.05, 0) is 12.2 Å². The van der Waals surface area contributed by atoms with Crippen molar-refractivity contribution >= 4 is 5.78 Å². The predicted octanol–water partition coefficient (Wildman–Crippen LogP) is 0.809. The van der Waals surface area contributed by atoms with Crippen molar-refractivity contribution in [2.75, 3.05) is 20.8 Å². The largest absolute Gasteiger partial charge is 0.387 e. The van der Waals surface area contributed by atoms with Gasteiger partial charge in [0, 0.05) is 19.8 Å². The van der Waals surface area contributed by atoms with E-state index < -0.39 is 18.3 Å². The molecule has 1 aromatic rings. The van der Waals surface area contributed by atoms with Crippen molar-refractivity contribution in [3.05, 3.63) is 48.0 Å². The maximum Gasteiger partial charge on any atom is 0.185 e. The fourth-order valence-corrected chi connectivity index (χ4v) is 1.69. The molecule has 0 amide bonds. The summed E-state index contributed by atoms with van der Waals surface area (Å²) in [6, 6.07) is 8.68. The lowest BCUT2D eigenvalue weighted by Gasteiger charge is -2.23. The summed E-state index contributed by atoms with van der Waals surface area (Å²) in [5, 5.41) is 19.7. The standard InChI is InChI=1S/C15H20O5/c1-19-10-14(20-2)15(18)13(17)9-8-12(16)11-6-4-3-5-7-11/h3-9,13-15,17-18H,10H2,1-2H3/b9-8+/t13-,14-,15+/m1/s1. The van der Waals surface area contributed by atoms with E-state index in [9.17, 15) is 15.0 Å². The van der Waals surface area contributed by atoms with Crippen LogP contribution in [0.15, 0.2) is 42.5 Å². The number of aliphatic hydroxyl groups is 2. The van der Waals surface area contributed by atoms with Gasteiger partial charge in [-0.1, -0.05) is 30.3 Å². The van der Waals surface area contributed by atoms with Gasteiger partial charge in [-0.25, -0.2) is 0 Å². The fourth-order valence-electron chi connectivity index (χ4n) is 1.69. The Morgan fingerprint density at radius 1 is 1.25 bits per heavy atom. The Hall–Kier alpha value is -1.53. The molecule has 0 bridgehead atoms. The summed E-state index contributed by atoms with van der Waals surface area (Å²) < 4.78 is 9.89. The molecule has 0 aromatic heterocycles. The summed E-state index contributed by atoms with van der Waals surface area (Å²) in [7, 11) is 2.89. The van der Waals surface area contributed by atoms with Gasteiger partial charge in [-0.15, -0.1) is 0 Å². The highest BCUT2D eigenvalue weighted by atomic mass is 16.5. The molecule has 1 aromatic carbocycles. The summed E-state index contributed by atoms with van der Waals surface area (Å²) in [5.41, 5.74) is 0.519. The second kappa shape index (κ2) is 8.60. The number of rotatable bonds is 8. The molecular weight excluding hydrogens is 260 g/mol. The third kappa shape index (κ3) is 4.86. The van der Waals surface area contributed by atoms with Gasteiger partial charge in [0.25, 0.3) is 0 Å². The van der Waals surface area contributed by atoms with Crippen LogP contribution in [-0.2, 0) is 9.47 Å². The average molecular weight is 280 g/mol. The van der Waals surface area contributed by atoms with Crippen molar-refractivity contribution in [3.63, 3.8) is 0 Å². The zero-order chi connectivity index (χ0) is 15.0. The average Bonchev–Trinajstić information content (AvgIpc) is 2.50. The minimum Gasteiger partial charge on any atom is -0.387 e. The number of carbonyl (C=O) groups is 1. The zero-order valence-electron chi connectivity index (χ0n) is 11.6. The molecule has 0 aliphatic carbocycles. The predicted molar refractivity (Wildman–Crippen MR) is 74.6 cm³/mol. The van der Waals surface area contributed by atoms with Crippen LogP contribution in [-0.4, -0.2) is 55.1 Å². The Balaban J connectivity index is 2.62. The van der Waals surface area contributed by atoms with Crippen LogP contribution < -0.4 is 0 Å². The smallest absolute Gasteiger partial charge is 0.185 e. The molecule has 0 spiro atoms. The number of methoxy groups -OCH3 is 2. The van der Waals surface area contributed by atoms with Crippen LogP contribution in [0.4, 0.5) is 0 Å². The van der Waals surface area contributed by atoms with Gasteiger partial charge < -0.3 is 19.7 Å². The van der Waals surface area contributed by atoms with Gasteiger partial charge in [0.05, 0.1) is 6.61 Å². The number of allylic oxidation sites excluding steroid dienone is 1. The molecule has 0 saturated carbocycles. The minimum atomic E-state index is -1.21. The molecule has 0 heterocycles. The maximum absolute atomic E-state index is 11.8. The molecule has 20 heavy (non-hydrogen) atoms. The van der Waals surface area contributed by atoms with Gasteiger partial charge in [0.15, 0.2) is 5.78 Å². The van der Waals surface area contributed by atoms with Crippen molar-refractivity contribution in [1.29, 1.82) is 0 Å².